The van der Waals surface area contributed by atoms with E-state index in [1.165, 1.54) is 12.1 Å². The molecule has 0 aliphatic carbocycles. The molecule has 1 fully saturated rings. The molecule has 3 heterocycles. The number of fused-ring (bicyclic) bond motifs is 1. The molecule has 1 aromatic carbocycles. The van der Waals surface area contributed by atoms with Gasteiger partial charge < -0.3 is 10.2 Å². The highest BCUT2D eigenvalue weighted by Gasteiger charge is 2.33. The summed E-state index contributed by atoms with van der Waals surface area (Å²) in [5.41, 5.74) is -0.0575. The van der Waals surface area contributed by atoms with E-state index in [2.05, 4.69) is 15.4 Å². The number of hydrogen-bond acceptors (Lipinski definition) is 6. The normalized spacial score (nSPS) is 16.5. The van der Waals surface area contributed by atoms with E-state index in [4.69, 9.17) is 0 Å². The van der Waals surface area contributed by atoms with Gasteiger partial charge in [-0.15, -0.1) is 5.10 Å². The number of amides is 1. The largest absolute Gasteiger partial charge is 0.350 e. The van der Waals surface area contributed by atoms with Crippen LogP contribution in [0.25, 0.3) is 4.96 Å². The quantitative estimate of drug-likeness (QED) is 0.686. The molecule has 4 rings (SSSR count). The van der Waals surface area contributed by atoms with E-state index in [1.54, 1.807) is 19.1 Å². The summed E-state index contributed by atoms with van der Waals surface area (Å²) in [5, 5.41) is 7.49. The highest BCUT2D eigenvalue weighted by Crippen LogP contribution is 2.29. The number of nitrogens with zero attached hydrogens (tertiary/aromatic N) is 4. The number of aromatic nitrogens is 3. The maximum absolute atomic E-state index is 14.1. The average molecular weight is 419 g/mol. The Morgan fingerprint density at radius 3 is 2.97 bits per heavy atom. The fraction of sp³-hybridized carbons (Fsp3) is 0.368. The lowest BCUT2D eigenvalue weighted by Crippen LogP contribution is -2.43. The smallest absolute Gasteiger partial charge is 0.311 e. The van der Waals surface area contributed by atoms with Gasteiger partial charge in [0.15, 0.2) is 0 Å². The molecule has 1 saturated heterocycles. The fourth-order valence-electron chi connectivity index (χ4n) is 3.43. The monoisotopic (exact) mass is 419 g/mol. The lowest BCUT2D eigenvalue weighted by Gasteiger charge is -2.22. The molecule has 1 aliphatic heterocycles. The van der Waals surface area contributed by atoms with Crippen molar-refractivity contribution in [1.29, 1.82) is 0 Å². The molecule has 1 amide bonds. The molecule has 0 saturated carbocycles. The Morgan fingerprint density at radius 2 is 2.21 bits per heavy atom. The van der Waals surface area contributed by atoms with Gasteiger partial charge in [-0.25, -0.2) is 9.37 Å². The SMILES string of the molecule is CCc1nc2sc(N3CCC[C@@H]3C(=O)NCc3cccc(F)c3)nn2c(=O)c1F. The number of rotatable bonds is 5. The summed E-state index contributed by atoms with van der Waals surface area (Å²) in [7, 11) is 0. The molecule has 10 heteroatoms. The summed E-state index contributed by atoms with van der Waals surface area (Å²) in [6.45, 7) is 2.53. The molecule has 7 nitrogen and oxygen atoms in total. The van der Waals surface area contributed by atoms with Crippen molar-refractivity contribution in [2.45, 2.75) is 38.8 Å². The summed E-state index contributed by atoms with van der Waals surface area (Å²) in [6.07, 6.45) is 1.71. The van der Waals surface area contributed by atoms with E-state index in [-0.39, 0.29) is 24.0 Å². The van der Waals surface area contributed by atoms with Crippen molar-refractivity contribution in [3.05, 3.63) is 57.5 Å². The molecule has 0 radical (unpaired) electrons. The number of benzene rings is 1. The van der Waals surface area contributed by atoms with Crippen LogP contribution in [-0.4, -0.2) is 33.1 Å². The van der Waals surface area contributed by atoms with Crippen LogP contribution in [0.3, 0.4) is 0 Å². The van der Waals surface area contributed by atoms with Crippen LogP contribution in [0.1, 0.15) is 31.0 Å². The summed E-state index contributed by atoms with van der Waals surface area (Å²) >= 11 is 1.15. The van der Waals surface area contributed by atoms with Gasteiger partial charge in [-0.05, 0) is 37.0 Å². The number of halogens is 2. The number of aryl methyl sites for hydroxylation is 1. The zero-order valence-corrected chi connectivity index (χ0v) is 16.5. The standard InChI is InChI=1S/C19H19F2N5O2S/c1-2-13-15(21)17(28)26-18(23-13)29-19(24-26)25-8-4-7-14(25)16(27)22-10-11-5-3-6-12(20)9-11/h3,5-6,9,14H,2,4,7-8,10H2,1H3,(H,22,27)/t14-/m1/s1. The Morgan fingerprint density at radius 1 is 1.38 bits per heavy atom. The second-order valence-corrected chi connectivity index (χ2v) is 7.74. The average Bonchev–Trinajstić information content (AvgIpc) is 3.36. The van der Waals surface area contributed by atoms with Gasteiger partial charge in [0.1, 0.15) is 11.9 Å². The topological polar surface area (TPSA) is 79.6 Å². The van der Waals surface area contributed by atoms with Gasteiger partial charge in [0.05, 0.1) is 5.69 Å². The number of hydrogen-bond donors (Lipinski definition) is 1. The Labute approximate surface area is 169 Å². The first-order valence-electron chi connectivity index (χ1n) is 9.35. The van der Waals surface area contributed by atoms with Crippen molar-refractivity contribution in [3.8, 4) is 0 Å². The van der Waals surface area contributed by atoms with E-state index < -0.39 is 17.4 Å². The van der Waals surface area contributed by atoms with Gasteiger partial charge in [0.25, 0.3) is 0 Å². The van der Waals surface area contributed by atoms with E-state index >= 15 is 0 Å². The molecule has 0 bridgehead atoms. The van der Waals surface area contributed by atoms with Crippen LogP contribution in [-0.2, 0) is 17.8 Å². The minimum absolute atomic E-state index is 0.107. The summed E-state index contributed by atoms with van der Waals surface area (Å²) in [4.78, 5) is 31.2. The minimum Gasteiger partial charge on any atom is -0.350 e. The Kier molecular flexibility index (Phi) is 5.27. The van der Waals surface area contributed by atoms with Gasteiger partial charge in [-0.1, -0.05) is 30.4 Å². The predicted octanol–water partition coefficient (Wildman–Crippen LogP) is 2.28. The minimum atomic E-state index is -0.896. The van der Waals surface area contributed by atoms with Gasteiger partial charge in [-0.2, -0.15) is 8.91 Å². The second kappa shape index (κ2) is 7.86. The van der Waals surface area contributed by atoms with Crippen molar-refractivity contribution in [2.24, 2.45) is 0 Å². The Bertz CT molecular complexity index is 1130. The first-order chi connectivity index (χ1) is 14.0. The predicted molar refractivity (Wildman–Crippen MR) is 105 cm³/mol. The highest BCUT2D eigenvalue weighted by molar-refractivity contribution is 7.20. The third-order valence-corrected chi connectivity index (χ3v) is 5.85. The summed E-state index contributed by atoms with van der Waals surface area (Å²) in [6, 6.07) is 5.59. The molecule has 1 aliphatic rings. The fourth-order valence-corrected chi connectivity index (χ4v) is 4.42. The maximum atomic E-state index is 14.1. The van der Waals surface area contributed by atoms with Crippen molar-refractivity contribution in [3.63, 3.8) is 0 Å². The molecular formula is C19H19F2N5O2S. The lowest BCUT2D eigenvalue weighted by molar-refractivity contribution is -0.122. The highest BCUT2D eigenvalue weighted by atomic mass is 32.1. The van der Waals surface area contributed by atoms with Crippen molar-refractivity contribution in [2.75, 3.05) is 11.4 Å². The van der Waals surface area contributed by atoms with Crippen LogP contribution in [0.15, 0.2) is 29.1 Å². The first-order valence-corrected chi connectivity index (χ1v) is 10.2. The van der Waals surface area contributed by atoms with Crippen LogP contribution < -0.4 is 15.8 Å². The molecule has 0 unspecified atom stereocenters. The van der Waals surface area contributed by atoms with Crippen LogP contribution >= 0.6 is 11.3 Å². The van der Waals surface area contributed by atoms with Crippen molar-refractivity contribution in [1.82, 2.24) is 19.9 Å². The van der Waals surface area contributed by atoms with Crippen molar-refractivity contribution < 1.29 is 13.6 Å². The molecular weight excluding hydrogens is 400 g/mol. The van der Waals surface area contributed by atoms with Crippen molar-refractivity contribution >= 4 is 27.3 Å². The van der Waals surface area contributed by atoms with Crippen LogP contribution in [0.4, 0.5) is 13.9 Å². The van der Waals surface area contributed by atoms with Gasteiger partial charge in [0.2, 0.25) is 21.8 Å². The number of carbonyl (C=O) groups is 1. The third-order valence-electron chi connectivity index (χ3n) is 4.91. The van der Waals surface area contributed by atoms with E-state index in [1.807, 2.05) is 4.90 Å². The Balaban J connectivity index is 1.55. The van der Waals surface area contributed by atoms with Gasteiger partial charge in [0, 0.05) is 13.1 Å². The van der Waals surface area contributed by atoms with E-state index in [0.29, 0.717) is 35.0 Å². The van der Waals surface area contributed by atoms with Crippen LogP contribution in [0.2, 0.25) is 0 Å². The van der Waals surface area contributed by atoms with E-state index in [0.717, 1.165) is 22.3 Å². The zero-order valence-electron chi connectivity index (χ0n) is 15.7. The maximum Gasteiger partial charge on any atom is 0.311 e. The Hall–Kier alpha value is -2.88. The third kappa shape index (κ3) is 3.71. The van der Waals surface area contributed by atoms with E-state index in [9.17, 15) is 18.4 Å². The molecule has 152 valence electrons. The van der Waals surface area contributed by atoms with Crippen LogP contribution in [0.5, 0.6) is 0 Å². The molecule has 1 atom stereocenters. The zero-order chi connectivity index (χ0) is 20.5. The summed E-state index contributed by atoms with van der Waals surface area (Å²) < 4.78 is 28.3. The van der Waals surface area contributed by atoms with Gasteiger partial charge >= 0.3 is 5.56 Å². The lowest BCUT2D eigenvalue weighted by atomic mass is 10.2. The molecule has 3 aromatic rings. The van der Waals surface area contributed by atoms with Crippen LogP contribution in [0, 0.1) is 11.6 Å². The second-order valence-electron chi connectivity index (χ2n) is 6.81. The first kappa shape index (κ1) is 19.4. The number of carbonyl (C=O) groups excluding carboxylic acids is 1. The molecule has 0 spiro atoms. The molecule has 2 aromatic heterocycles. The van der Waals surface area contributed by atoms with Gasteiger partial charge in [-0.3, -0.25) is 9.59 Å². The number of nitrogens with one attached hydrogen (secondary N) is 1. The summed E-state index contributed by atoms with van der Waals surface area (Å²) in [5.74, 6) is -1.45. The molecule has 1 N–H and O–H groups in total. The molecule has 29 heavy (non-hydrogen) atoms. The number of anilines is 1.